The van der Waals surface area contributed by atoms with Crippen molar-refractivity contribution in [3.05, 3.63) is 30.6 Å². The van der Waals surface area contributed by atoms with Crippen LogP contribution < -0.4 is 10.6 Å². The Morgan fingerprint density at radius 1 is 1.33 bits per heavy atom. The molecule has 1 amide bonds. The molecule has 3 aromatic rings. The standard InChI is InChI=1S/C15H14N4O2/c16-14(20)9-5-6-19(7-9)15-13-12(17-8-18-15)10-3-1-2-4-11(10)21-13/h1-4,8-9H,5-7H2,(H2,16,20). The number of primary amides is 1. The lowest BCUT2D eigenvalue weighted by Gasteiger charge is -2.16. The molecule has 0 aliphatic carbocycles. The van der Waals surface area contributed by atoms with Crippen LogP contribution in [0.25, 0.3) is 22.1 Å². The molecule has 1 fully saturated rings. The Balaban J connectivity index is 1.84. The van der Waals surface area contributed by atoms with Crippen molar-refractivity contribution in [1.82, 2.24) is 9.97 Å². The predicted octanol–water partition coefficient (Wildman–Crippen LogP) is 1.69. The maximum Gasteiger partial charge on any atom is 0.222 e. The first-order valence-electron chi connectivity index (χ1n) is 6.90. The van der Waals surface area contributed by atoms with E-state index in [0.29, 0.717) is 12.1 Å². The zero-order valence-electron chi connectivity index (χ0n) is 11.3. The van der Waals surface area contributed by atoms with E-state index in [1.807, 2.05) is 29.2 Å². The Morgan fingerprint density at radius 2 is 2.19 bits per heavy atom. The third kappa shape index (κ3) is 1.83. The molecule has 1 aliphatic heterocycles. The van der Waals surface area contributed by atoms with Crippen LogP contribution in [0.3, 0.4) is 0 Å². The number of anilines is 1. The highest BCUT2D eigenvalue weighted by atomic mass is 16.3. The monoisotopic (exact) mass is 282 g/mol. The van der Waals surface area contributed by atoms with Crippen LogP contribution in [-0.4, -0.2) is 29.0 Å². The average molecular weight is 282 g/mol. The van der Waals surface area contributed by atoms with Crippen molar-refractivity contribution in [3.63, 3.8) is 0 Å². The number of carbonyl (C=O) groups is 1. The molecule has 0 spiro atoms. The number of nitrogens with zero attached hydrogens (tertiary/aromatic N) is 3. The fourth-order valence-corrected chi connectivity index (χ4v) is 2.92. The van der Waals surface area contributed by atoms with E-state index in [-0.39, 0.29) is 11.8 Å². The van der Waals surface area contributed by atoms with Gasteiger partial charge in [-0.1, -0.05) is 12.1 Å². The van der Waals surface area contributed by atoms with E-state index in [2.05, 4.69) is 9.97 Å². The minimum atomic E-state index is -0.257. The van der Waals surface area contributed by atoms with Gasteiger partial charge in [0.25, 0.3) is 0 Å². The van der Waals surface area contributed by atoms with Gasteiger partial charge in [-0.25, -0.2) is 9.97 Å². The van der Waals surface area contributed by atoms with Gasteiger partial charge < -0.3 is 15.1 Å². The highest BCUT2D eigenvalue weighted by Gasteiger charge is 2.29. The zero-order valence-corrected chi connectivity index (χ0v) is 11.3. The van der Waals surface area contributed by atoms with Gasteiger partial charge in [-0.3, -0.25) is 4.79 Å². The molecule has 0 bridgehead atoms. The van der Waals surface area contributed by atoms with Crippen molar-refractivity contribution in [2.75, 3.05) is 18.0 Å². The van der Waals surface area contributed by atoms with Gasteiger partial charge in [0.2, 0.25) is 5.91 Å². The van der Waals surface area contributed by atoms with E-state index < -0.39 is 0 Å². The van der Waals surface area contributed by atoms with Gasteiger partial charge in [0, 0.05) is 18.5 Å². The second kappa shape index (κ2) is 4.44. The summed E-state index contributed by atoms with van der Waals surface area (Å²) in [5.74, 6) is 0.353. The van der Waals surface area contributed by atoms with E-state index >= 15 is 0 Å². The van der Waals surface area contributed by atoms with E-state index in [1.165, 1.54) is 6.33 Å². The Bertz CT molecular complexity index is 842. The quantitative estimate of drug-likeness (QED) is 0.773. The molecule has 6 nitrogen and oxygen atoms in total. The van der Waals surface area contributed by atoms with E-state index in [4.69, 9.17) is 10.2 Å². The summed E-state index contributed by atoms with van der Waals surface area (Å²) in [6.45, 7) is 1.33. The summed E-state index contributed by atoms with van der Waals surface area (Å²) in [7, 11) is 0. The Morgan fingerprint density at radius 3 is 3.00 bits per heavy atom. The number of hydrogen-bond acceptors (Lipinski definition) is 5. The van der Waals surface area contributed by atoms with Crippen LogP contribution in [0.2, 0.25) is 0 Å². The van der Waals surface area contributed by atoms with Gasteiger partial charge in [-0.05, 0) is 18.6 Å². The minimum Gasteiger partial charge on any atom is -0.450 e. The number of fused-ring (bicyclic) bond motifs is 3. The van der Waals surface area contributed by atoms with Gasteiger partial charge >= 0.3 is 0 Å². The number of amides is 1. The lowest BCUT2D eigenvalue weighted by molar-refractivity contribution is -0.121. The smallest absolute Gasteiger partial charge is 0.222 e. The van der Waals surface area contributed by atoms with Crippen LogP contribution in [0, 0.1) is 5.92 Å². The van der Waals surface area contributed by atoms with Gasteiger partial charge in [-0.15, -0.1) is 0 Å². The second-order valence-corrected chi connectivity index (χ2v) is 5.31. The Hall–Kier alpha value is -2.63. The second-order valence-electron chi connectivity index (χ2n) is 5.31. The summed E-state index contributed by atoms with van der Waals surface area (Å²) in [4.78, 5) is 22.0. The fourth-order valence-electron chi connectivity index (χ4n) is 2.92. The van der Waals surface area contributed by atoms with Crippen molar-refractivity contribution in [1.29, 1.82) is 0 Å². The molecule has 2 N–H and O–H groups in total. The number of hydrogen-bond donors (Lipinski definition) is 1. The molecule has 3 heterocycles. The number of para-hydroxylation sites is 1. The van der Waals surface area contributed by atoms with Crippen LogP contribution in [0.1, 0.15) is 6.42 Å². The zero-order chi connectivity index (χ0) is 14.4. The normalized spacial score (nSPS) is 18.7. The van der Waals surface area contributed by atoms with Gasteiger partial charge in [0.05, 0.1) is 5.92 Å². The first kappa shape index (κ1) is 12.1. The largest absolute Gasteiger partial charge is 0.450 e. The van der Waals surface area contributed by atoms with Gasteiger partial charge in [-0.2, -0.15) is 0 Å². The van der Waals surface area contributed by atoms with Crippen LogP contribution >= 0.6 is 0 Å². The van der Waals surface area contributed by atoms with Crippen molar-refractivity contribution in [2.24, 2.45) is 11.7 Å². The highest BCUT2D eigenvalue weighted by Crippen LogP contribution is 2.33. The van der Waals surface area contributed by atoms with Crippen LogP contribution in [-0.2, 0) is 4.79 Å². The summed E-state index contributed by atoms with van der Waals surface area (Å²) in [5, 5.41) is 0.974. The molecule has 0 radical (unpaired) electrons. The number of rotatable bonds is 2. The van der Waals surface area contributed by atoms with Crippen molar-refractivity contribution in [2.45, 2.75) is 6.42 Å². The molecule has 6 heteroatoms. The number of benzene rings is 1. The molecular weight excluding hydrogens is 268 g/mol. The molecule has 1 aromatic carbocycles. The number of nitrogens with two attached hydrogens (primary N) is 1. The van der Waals surface area contributed by atoms with Crippen LogP contribution in [0.4, 0.5) is 5.82 Å². The summed E-state index contributed by atoms with van der Waals surface area (Å²) in [5.41, 5.74) is 7.66. The lowest BCUT2D eigenvalue weighted by atomic mass is 10.1. The summed E-state index contributed by atoms with van der Waals surface area (Å²) in [6.07, 6.45) is 2.29. The molecule has 106 valence electrons. The predicted molar refractivity (Wildman–Crippen MR) is 78.8 cm³/mol. The SMILES string of the molecule is NC(=O)C1CCN(c2ncnc3c2oc2ccccc23)C1. The third-order valence-corrected chi connectivity index (χ3v) is 4.03. The van der Waals surface area contributed by atoms with E-state index in [9.17, 15) is 4.79 Å². The Kier molecular flexibility index (Phi) is 2.57. The maximum atomic E-state index is 11.3. The van der Waals surface area contributed by atoms with Crippen LogP contribution in [0.15, 0.2) is 35.0 Å². The van der Waals surface area contributed by atoms with Gasteiger partial charge in [0.1, 0.15) is 17.4 Å². The molecule has 21 heavy (non-hydrogen) atoms. The molecule has 4 rings (SSSR count). The fraction of sp³-hybridized carbons (Fsp3) is 0.267. The molecule has 1 saturated heterocycles. The topological polar surface area (TPSA) is 85.3 Å². The Labute approximate surface area is 120 Å². The first-order chi connectivity index (χ1) is 10.2. The lowest BCUT2D eigenvalue weighted by Crippen LogP contribution is -2.27. The summed E-state index contributed by atoms with van der Waals surface area (Å²) in [6, 6.07) is 7.78. The maximum absolute atomic E-state index is 11.3. The third-order valence-electron chi connectivity index (χ3n) is 4.03. The van der Waals surface area contributed by atoms with E-state index in [1.54, 1.807) is 0 Å². The average Bonchev–Trinajstić information content (AvgIpc) is 3.11. The summed E-state index contributed by atoms with van der Waals surface area (Å²) >= 11 is 0. The van der Waals surface area contributed by atoms with Crippen molar-refractivity contribution >= 4 is 33.8 Å². The van der Waals surface area contributed by atoms with E-state index in [0.717, 1.165) is 35.3 Å². The molecule has 0 saturated carbocycles. The summed E-state index contributed by atoms with van der Waals surface area (Å²) < 4.78 is 5.91. The van der Waals surface area contributed by atoms with Crippen molar-refractivity contribution < 1.29 is 9.21 Å². The molecule has 2 aromatic heterocycles. The minimum absolute atomic E-state index is 0.126. The van der Waals surface area contributed by atoms with Crippen LogP contribution in [0.5, 0.6) is 0 Å². The molecular formula is C15H14N4O2. The number of aromatic nitrogens is 2. The molecule has 1 unspecified atom stereocenters. The van der Waals surface area contributed by atoms with Gasteiger partial charge in [0.15, 0.2) is 11.4 Å². The highest BCUT2D eigenvalue weighted by molar-refractivity contribution is 6.05. The first-order valence-corrected chi connectivity index (χ1v) is 6.90. The number of carbonyl (C=O) groups excluding carboxylic acids is 1. The van der Waals surface area contributed by atoms with Crippen molar-refractivity contribution in [3.8, 4) is 0 Å². The number of furan rings is 1. The molecule has 1 aliphatic rings. The molecule has 1 atom stereocenters.